The minimum atomic E-state index is -0.462. The molecular formula is C22H24FN5O. The molecule has 1 N–H and O–H groups in total. The molecule has 3 aliphatic carbocycles. The van der Waals surface area contributed by atoms with Crippen LogP contribution in [0.2, 0.25) is 0 Å². The molecule has 3 aliphatic rings. The summed E-state index contributed by atoms with van der Waals surface area (Å²) in [5, 5.41) is 6.86. The average Bonchev–Trinajstić information content (AvgIpc) is 3.43. The number of halogens is 1. The maximum atomic E-state index is 13.0. The van der Waals surface area contributed by atoms with Crippen molar-refractivity contribution in [3.05, 3.63) is 60.4 Å². The summed E-state index contributed by atoms with van der Waals surface area (Å²) >= 11 is 0. The third-order valence-electron chi connectivity index (χ3n) is 5.84. The maximum Gasteiger partial charge on any atom is 0.228 e. The van der Waals surface area contributed by atoms with Crippen LogP contribution in [-0.4, -0.2) is 25.7 Å². The van der Waals surface area contributed by atoms with Crippen LogP contribution in [0.25, 0.3) is 11.4 Å². The largest absolute Gasteiger partial charge is 0.326 e. The first-order valence-electron chi connectivity index (χ1n) is 9.84. The van der Waals surface area contributed by atoms with E-state index in [-0.39, 0.29) is 11.8 Å². The summed E-state index contributed by atoms with van der Waals surface area (Å²) in [6, 6.07) is 7.56. The van der Waals surface area contributed by atoms with E-state index in [1.54, 1.807) is 10.9 Å². The Labute approximate surface area is 169 Å². The molecule has 0 saturated heterocycles. The molecule has 3 saturated carbocycles. The Bertz CT molecular complexity index is 973. The lowest BCUT2D eigenvalue weighted by molar-refractivity contribution is -0.125. The van der Waals surface area contributed by atoms with E-state index in [0.29, 0.717) is 17.7 Å². The highest BCUT2D eigenvalue weighted by atomic mass is 19.1. The first-order chi connectivity index (χ1) is 14.0. The highest BCUT2D eigenvalue weighted by Crippen LogP contribution is 2.53. The molecule has 3 fully saturated rings. The molecular weight excluding hydrogens is 369 g/mol. The SMILES string of the molecule is Cc1ccc(NC(=O)C2C3CCC2C3)cc1-c1ncc(F)cn1.Cn1cccn1. The molecule has 6 nitrogen and oxygen atoms in total. The number of fused-ring (bicyclic) bond motifs is 1. The Balaban J connectivity index is 0.000000294. The highest BCUT2D eigenvalue weighted by molar-refractivity contribution is 5.94. The fourth-order valence-electron chi connectivity index (χ4n) is 4.29. The topological polar surface area (TPSA) is 72.7 Å². The lowest BCUT2D eigenvalue weighted by atomic mass is 9.72. The number of nitrogens with zero attached hydrogens (tertiary/aromatic N) is 4. The number of amides is 1. The van der Waals surface area contributed by atoms with E-state index >= 15 is 0 Å². The van der Waals surface area contributed by atoms with Crippen LogP contribution in [0.4, 0.5) is 10.1 Å². The van der Waals surface area contributed by atoms with Gasteiger partial charge in [-0.25, -0.2) is 14.4 Å². The van der Waals surface area contributed by atoms with Crippen molar-refractivity contribution < 1.29 is 9.18 Å². The van der Waals surface area contributed by atoms with Gasteiger partial charge in [0.05, 0.1) is 12.4 Å². The molecule has 150 valence electrons. The number of aryl methyl sites for hydroxylation is 2. The van der Waals surface area contributed by atoms with Crippen molar-refractivity contribution in [2.24, 2.45) is 24.8 Å². The zero-order valence-corrected chi connectivity index (χ0v) is 16.5. The van der Waals surface area contributed by atoms with Crippen LogP contribution < -0.4 is 5.32 Å². The predicted molar refractivity (Wildman–Crippen MR) is 108 cm³/mol. The second-order valence-electron chi connectivity index (χ2n) is 7.78. The second kappa shape index (κ2) is 8.11. The second-order valence-corrected chi connectivity index (χ2v) is 7.78. The zero-order chi connectivity index (χ0) is 20.4. The molecule has 0 radical (unpaired) electrons. The molecule has 3 aromatic rings. The van der Waals surface area contributed by atoms with Crippen molar-refractivity contribution in [1.29, 1.82) is 0 Å². The highest BCUT2D eigenvalue weighted by Gasteiger charge is 2.50. The van der Waals surface area contributed by atoms with E-state index in [9.17, 15) is 9.18 Å². The summed E-state index contributed by atoms with van der Waals surface area (Å²) in [4.78, 5) is 20.5. The van der Waals surface area contributed by atoms with Crippen LogP contribution in [0.3, 0.4) is 0 Å². The quantitative estimate of drug-likeness (QED) is 0.730. The van der Waals surface area contributed by atoms with Crippen LogP contribution in [0, 0.1) is 30.5 Å². The number of hydrogen-bond donors (Lipinski definition) is 1. The van der Waals surface area contributed by atoms with Gasteiger partial charge in [-0.1, -0.05) is 6.07 Å². The van der Waals surface area contributed by atoms with Gasteiger partial charge in [0.25, 0.3) is 0 Å². The summed E-state index contributed by atoms with van der Waals surface area (Å²) in [5.74, 6) is 1.45. The summed E-state index contributed by atoms with van der Waals surface area (Å²) in [7, 11) is 1.89. The van der Waals surface area contributed by atoms with Gasteiger partial charge in [0.2, 0.25) is 5.91 Å². The van der Waals surface area contributed by atoms with E-state index in [4.69, 9.17) is 0 Å². The molecule has 0 spiro atoms. The van der Waals surface area contributed by atoms with Gasteiger partial charge in [-0.3, -0.25) is 9.48 Å². The molecule has 7 heteroatoms. The van der Waals surface area contributed by atoms with Gasteiger partial charge in [0, 0.05) is 36.6 Å². The van der Waals surface area contributed by atoms with Crippen LogP contribution in [0.1, 0.15) is 24.8 Å². The van der Waals surface area contributed by atoms with Gasteiger partial charge in [-0.05, 0) is 61.8 Å². The summed E-state index contributed by atoms with van der Waals surface area (Å²) < 4.78 is 14.7. The molecule has 2 aromatic heterocycles. The molecule has 6 rings (SSSR count). The maximum absolute atomic E-state index is 13.0. The third-order valence-corrected chi connectivity index (χ3v) is 5.84. The fraction of sp³-hybridized carbons (Fsp3) is 0.364. The monoisotopic (exact) mass is 393 g/mol. The van der Waals surface area contributed by atoms with Gasteiger partial charge < -0.3 is 5.32 Å². The number of aromatic nitrogens is 4. The summed E-state index contributed by atoms with van der Waals surface area (Å²) in [6.07, 6.45) is 9.52. The van der Waals surface area contributed by atoms with Crippen LogP contribution in [0.5, 0.6) is 0 Å². The Hall–Kier alpha value is -3.09. The Morgan fingerprint density at radius 3 is 2.48 bits per heavy atom. The molecule has 1 amide bonds. The third kappa shape index (κ3) is 4.18. The van der Waals surface area contributed by atoms with Gasteiger partial charge in [0.15, 0.2) is 11.6 Å². The van der Waals surface area contributed by atoms with E-state index in [2.05, 4.69) is 20.4 Å². The number of carbonyl (C=O) groups is 1. The molecule has 29 heavy (non-hydrogen) atoms. The first kappa shape index (κ1) is 19.2. The standard InChI is InChI=1S/C18H18FN3O.C4H6N2/c1-10-2-5-14(7-15(10)17-20-8-13(19)9-21-17)22-18(23)16-11-3-4-12(16)6-11;1-6-4-2-3-5-6/h2,5,7-9,11-12,16H,3-4,6H2,1H3,(H,22,23);2-4H,1H3. The number of benzene rings is 1. The molecule has 2 bridgehead atoms. The Morgan fingerprint density at radius 1 is 1.21 bits per heavy atom. The summed E-state index contributed by atoms with van der Waals surface area (Å²) in [6.45, 7) is 1.94. The van der Waals surface area contributed by atoms with Gasteiger partial charge in [0.1, 0.15) is 0 Å². The molecule has 2 atom stereocenters. The zero-order valence-electron chi connectivity index (χ0n) is 16.5. The van der Waals surface area contributed by atoms with Crippen molar-refractivity contribution in [3.8, 4) is 11.4 Å². The number of nitrogens with one attached hydrogen (secondary N) is 1. The van der Waals surface area contributed by atoms with E-state index in [1.165, 1.54) is 19.3 Å². The van der Waals surface area contributed by atoms with Gasteiger partial charge in [-0.15, -0.1) is 0 Å². The van der Waals surface area contributed by atoms with Crippen molar-refractivity contribution in [2.45, 2.75) is 26.2 Å². The van der Waals surface area contributed by atoms with Crippen LogP contribution in [-0.2, 0) is 11.8 Å². The number of rotatable bonds is 3. The van der Waals surface area contributed by atoms with Crippen molar-refractivity contribution in [3.63, 3.8) is 0 Å². The van der Waals surface area contributed by atoms with Crippen molar-refractivity contribution >= 4 is 11.6 Å². The predicted octanol–water partition coefficient (Wildman–Crippen LogP) is 4.00. The molecule has 0 aliphatic heterocycles. The lowest BCUT2D eigenvalue weighted by Gasteiger charge is -2.34. The van der Waals surface area contributed by atoms with E-state index in [0.717, 1.165) is 29.2 Å². The average molecular weight is 393 g/mol. The minimum Gasteiger partial charge on any atom is -0.326 e. The van der Waals surface area contributed by atoms with Crippen molar-refractivity contribution in [2.75, 3.05) is 5.32 Å². The summed E-state index contributed by atoms with van der Waals surface area (Å²) in [5.41, 5.74) is 2.53. The van der Waals surface area contributed by atoms with Crippen molar-refractivity contribution in [1.82, 2.24) is 19.7 Å². The Kier molecular flexibility index (Phi) is 5.38. The smallest absolute Gasteiger partial charge is 0.228 e. The Morgan fingerprint density at radius 2 is 1.93 bits per heavy atom. The lowest BCUT2D eigenvalue weighted by Crippen LogP contribution is -2.38. The first-order valence-corrected chi connectivity index (χ1v) is 9.84. The van der Waals surface area contributed by atoms with Gasteiger partial charge >= 0.3 is 0 Å². The minimum absolute atomic E-state index is 0.124. The fourth-order valence-corrected chi connectivity index (χ4v) is 4.29. The number of carbonyl (C=O) groups excluding carboxylic acids is 1. The molecule has 1 aromatic carbocycles. The molecule has 2 unspecified atom stereocenters. The number of hydrogen-bond acceptors (Lipinski definition) is 4. The normalized spacial score (nSPS) is 21.7. The van der Waals surface area contributed by atoms with Gasteiger partial charge in [-0.2, -0.15) is 5.10 Å². The van der Waals surface area contributed by atoms with E-state index < -0.39 is 5.82 Å². The van der Waals surface area contributed by atoms with E-state index in [1.807, 2.05) is 44.4 Å². The van der Waals surface area contributed by atoms with Crippen LogP contribution >= 0.6 is 0 Å². The number of anilines is 1. The molecule has 2 heterocycles. The van der Waals surface area contributed by atoms with Crippen LogP contribution in [0.15, 0.2) is 49.1 Å².